The molecule has 2 aliphatic carbocycles. The largest absolute Gasteiger partial charge is 0.402 e. The average Bonchev–Trinajstić information content (AvgIpc) is 2.61. The van der Waals surface area contributed by atoms with Crippen molar-refractivity contribution >= 4 is 5.78 Å². The van der Waals surface area contributed by atoms with E-state index in [4.69, 9.17) is 5.73 Å². The molecule has 2 N–H and O–H groups in total. The first-order valence-corrected chi connectivity index (χ1v) is 7.10. The smallest absolute Gasteiger partial charge is 0.158 e. The third kappa shape index (κ3) is 3.12. The Labute approximate surface area is 110 Å². The summed E-state index contributed by atoms with van der Waals surface area (Å²) in [6.07, 6.45) is 13.9. The topological polar surface area (TPSA) is 43.1 Å². The molecule has 0 unspecified atom stereocenters. The molecule has 1 fully saturated rings. The number of carbonyl (C=O) groups is 1. The molecule has 2 heteroatoms. The van der Waals surface area contributed by atoms with Crippen molar-refractivity contribution in [1.82, 2.24) is 0 Å². The predicted molar refractivity (Wildman–Crippen MR) is 74.9 cm³/mol. The van der Waals surface area contributed by atoms with E-state index in [1.165, 1.54) is 37.7 Å². The van der Waals surface area contributed by atoms with Crippen LogP contribution in [0.4, 0.5) is 0 Å². The van der Waals surface area contributed by atoms with Crippen LogP contribution in [0.2, 0.25) is 0 Å². The van der Waals surface area contributed by atoms with E-state index in [9.17, 15) is 4.79 Å². The van der Waals surface area contributed by atoms with Crippen LogP contribution in [-0.4, -0.2) is 5.78 Å². The second-order valence-corrected chi connectivity index (χ2v) is 5.37. The van der Waals surface area contributed by atoms with Gasteiger partial charge < -0.3 is 5.73 Å². The Balaban J connectivity index is 2.23. The normalized spacial score (nSPS) is 21.7. The maximum Gasteiger partial charge on any atom is 0.158 e. The fourth-order valence-electron chi connectivity index (χ4n) is 2.88. The number of ketones is 1. The highest BCUT2D eigenvalue weighted by Crippen LogP contribution is 2.32. The van der Waals surface area contributed by atoms with Crippen LogP contribution in [0.1, 0.15) is 51.9 Å². The van der Waals surface area contributed by atoms with Crippen molar-refractivity contribution in [2.24, 2.45) is 11.7 Å². The van der Waals surface area contributed by atoms with Crippen molar-refractivity contribution in [2.45, 2.75) is 51.9 Å². The molecule has 2 rings (SSSR count). The molecule has 0 saturated heterocycles. The zero-order valence-electron chi connectivity index (χ0n) is 11.2. The van der Waals surface area contributed by atoms with Crippen LogP contribution in [-0.2, 0) is 4.79 Å². The molecule has 0 aromatic heterocycles. The van der Waals surface area contributed by atoms with Gasteiger partial charge in [-0.15, -0.1) is 0 Å². The van der Waals surface area contributed by atoms with Crippen LogP contribution in [0.3, 0.4) is 0 Å². The fourth-order valence-corrected chi connectivity index (χ4v) is 2.88. The van der Waals surface area contributed by atoms with Crippen molar-refractivity contribution in [3.63, 3.8) is 0 Å². The summed E-state index contributed by atoms with van der Waals surface area (Å²) in [5.74, 6) is 0.857. The number of hydrogen-bond donors (Lipinski definition) is 1. The lowest BCUT2D eigenvalue weighted by Gasteiger charge is -2.22. The van der Waals surface area contributed by atoms with Crippen LogP contribution < -0.4 is 5.73 Å². The van der Waals surface area contributed by atoms with E-state index in [1.54, 1.807) is 0 Å². The van der Waals surface area contributed by atoms with E-state index >= 15 is 0 Å². The predicted octanol–water partition coefficient (Wildman–Crippen LogP) is 3.64. The summed E-state index contributed by atoms with van der Waals surface area (Å²) < 4.78 is 0. The molecule has 2 nitrogen and oxygen atoms in total. The van der Waals surface area contributed by atoms with E-state index in [-0.39, 0.29) is 5.78 Å². The van der Waals surface area contributed by atoms with Crippen molar-refractivity contribution in [3.05, 3.63) is 35.1 Å². The van der Waals surface area contributed by atoms with Gasteiger partial charge in [0.05, 0.1) is 0 Å². The molecule has 0 radical (unpaired) electrons. The van der Waals surface area contributed by atoms with E-state index in [1.807, 2.05) is 13.0 Å². The molecule has 0 bridgehead atoms. The van der Waals surface area contributed by atoms with Crippen LogP contribution in [0.15, 0.2) is 35.1 Å². The number of rotatable bonds is 3. The summed E-state index contributed by atoms with van der Waals surface area (Å²) in [6, 6.07) is 0. The number of nitrogens with two attached hydrogens (primary N) is 1. The first kappa shape index (κ1) is 13.1. The Hall–Kier alpha value is -1.31. The fraction of sp³-hybridized carbons (Fsp3) is 0.562. The SMILES string of the molecule is CCC(=O)C1=CC(C2CCCCC2)=CC=C(N)C1. The van der Waals surface area contributed by atoms with Gasteiger partial charge in [0.1, 0.15) is 0 Å². The van der Waals surface area contributed by atoms with Crippen LogP contribution in [0.25, 0.3) is 0 Å². The first-order chi connectivity index (χ1) is 8.70. The molecule has 18 heavy (non-hydrogen) atoms. The van der Waals surface area contributed by atoms with Gasteiger partial charge in [-0.05, 0) is 30.4 Å². The van der Waals surface area contributed by atoms with Crippen molar-refractivity contribution in [2.75, 3.05) is 0 Å². The minimum Gasteiger partial charge on any atom is -0.402 e. The number of hydrogen-bond acceptors (Lipinski definition) is 2. The van der Waals surface area contributed by atoms with Crippen molar-refractivity contribution < 1.29 is 4.79 Å². The maximum absolute atomic E-state index is 11.9. The number of allylic oxidation sites excluding steroid dienone is 5. The van der Waals surface area contributed by atoms with Gasteiger partial charge in [0.2, 0.25) is 0 Å². The van der Waals surface area contributed by atoms with Gasteiger partial charge in [0, 0.05) is 24.1 Å². The van der Waals surface area contributed by atoms with Crippen molar-refractivity contribution in [1.29, 1.82) is 0 Å². The minimum atomic E-state index is 0.231. The van der Waals surface area contributed by atoms with Gasteiger partial charge in [-0.1, -0.05) is 38.3 Å². The highest BCUT2D eigenvalue weighted by atomic mass is 16.1. The third-order valence-corrected chi connectivity index (χ3v) is 3.98. The zero-order chi connectivity index (χ0) is 13.0. The lowest BCUT2D eigenvalue weighted by atomic mass is 9.83. The molecular weight excluding hydrogens is 222 g/mol. The first-order valence-electron chi connectivity index (χ1n) is 7.10. The second-order valence-electron chi connectivity index (χ2n) is 5.37. The van der Waals surface area contributed by atoms with E-state index < -0.39 is 0 Å². The van der Waals surface area contributed by atoms with E-state index in [2.05, 4.69) is 12.2 Å². The molecule has 0 heterocycles. The number of Topliss-reactive ketones (excluding diaryl/α,β-unsaturated/α-hetero) is 1. The summed E-state index contributed by atoms with van der Waals surface area (Å²) in [7, 11) is 0. The minimum absolute atomic E-state index is 0.231. The maximum atomic E-state index is 11.9. The highest BCUT2D eigenvalue weighted by Gasteiger charge is 2.19. The molecule has 98 valence electrons. The van der Waals surface area contributed by atoms with Crippen LogP contribution in [0.5, 0.6) is 0 Å². The average molecular weight is 245 g/mol. The molecule has 0 spiro atoms. The van der Waals surface area contributed by atoms with E-state index in [0.717, 1.165) is 11.3 Å². The van der Waals surface area contributed by atoms with Gasteiger partial charge in [-0.3, -0.25) is 4.79 Å². The summed E-state index contributed by atoms with van der Waals surface area (Å²) >= 11 is 0. The van der Waals surface area contributed by atoms with Crippen molar-refractivity contribution in [3.8, 4) is 0 Å². The monoisotopic (exact) mass is 245 g/mol. The summed E-state index contributed by atoms with van der Waals surface area (Å²) in [5.41, 5.74) is 8.93. The Morgan fingerprint density at radius 3 is 2.67 bits per heavy atom. The molecule has 0 aromatic rings. The lowest BCUT2D eigenvalue weighted by molar-refractivity contribution is -0.115. The van der Waals surface area contributed by atoms with Gasteiger partial charge in [-0.2, -0.15) is 0 Å². The van der Waals surface area contributed by atoms with Gasteiger partial charge in [-0.25, -0.2) is 0 Å². The van der Waals surface area contributed by atoms with E-state index in [0.29, 0.717) is 18.8 Å². The standard InChI is InChI=1S/C16H23NO/c1-2-16(18)14-10-13(8-9-15(17)11-14)12-6-4-3-5-7-12/h8-10,12H,2-7,11,17H2,1H3. The van der Waals surface area contributed by atoms with Crippen LogP contribution in [0, 0.1) is 5.92 Å². The Kier molecular flexibility index (Phi) is 4.40. The molecule has 0 amide bonds. The van der Waals surface area contributed by atoms with Crippen LogP contribution >= 0.6 is 0 Å². The molecule has 2 aliphatic rings. The highest BCUT2D eigenvalue weighted by molar-refractivity contribution is 5.96. The zero-order valence-corrected chi connectivity index (χ0v) is 11.2. The molecular formula is C16H23NO. The third-order valence-electron chi connectivity index (χ3n) is 3.98. The molecule has 0 atom stereocenters. The summed E-state index contributed by atoms with van der Waals surface area (Å²) in [6.45, 7) is 1.91. The number of carbonyl (C=O) groups excluding carboxylic acids is 1. The second kappa shape index (κ2) is 6.03. The Morgan fingerprint density at radius 1 is 1.28 bits per heavy atom. The van der Waals surface area contributed by atoms with Gasteiger partial charge >= 0.3 is 0 Å². The summed E-state index contributed by atoms with van der Waals surface area (Å²) in [4.78, 5) is 11.9. The molecule has 1 saturated carbocycles. The molecule has 0 aromatic carbocycles. The lowest BCUT2D eigenvalue weighted by Crippen LogP contribution is -2.10. The molecule has 0 aliphatic heterocycles. The Bertz CT molecular complexity index is 409. The summed E-state index contributed by atoms with van der Waals surface area (Å²) in [5, 5.41) is 0. The van der Waals surface area contributed by atoms with Gasteiger partial charge in [0.25, 0.3) is 0 Å². The quantitative estimate of drug-likeness (QED) is 0.824. The van der Waals surface area contributed by atoms with Gasteiger partial charge in [0.15, 0.2) is 5.78 Å². The Morgan fingerprint density at radius 2 is 2.00 bits per heavy atom.